The summed E-state index contributed by atoms with van der Waals surface area (Å²) in [5.74, 6) is -0.0581. The number of para-hydroxylation sites is 1. The van der Waals surface area contributed by atoms with Crippen molar-refractivity contribution in [3.63, 3.8) is 0 Å². The molecule has 5 rings (SSSR count). The number of anilines is 1. The molecule has 1 aliphatic heterocycles. The number of fused-ring (bicyclic) bond motifs is 1. The van der Waals surface area contributed by atoms with Crippen molar-refractivity contribution in [2.45, 2.75) is 26.8 Å². The molecule has 0 bridgehead atoms. The zero-order chi connectivity index (χ0) is 25.8. The number of nitrogens with zero attached hydrogens (tertiary/aromatic N) is 5. The van der Waals surface area contributed by atoms with Gasteiger partial charge in [0, 0.05) is 44.0 Å². The fourth-order valence-corrected chi connectivity index (χ4v) is 4.84. The topological polar surface area (TPSA) is 83.4 Å². The molecule has 8 heteroatoms. The zero-order valence-electron chi connectivity index (χ0n) is 21.4. The van der Waals surface area contributed by atoms with E-state index in [1.54, 1.807) is 6.20 Å². The second-order valence-electron chi connectivity index (χ2n) is 9.25. The fraction of sp³-hybridized carbons (Fsp3) is 0.310. The zero-order valence-corrected chi connectivity index (χ0v) is 21.4. The number of aromatic nitrogens is 3. The smallest absolute Gasteiger partial charge is 0.254 e. The molecule has 3 heterocycles. The molecule has 1 aliphatic rings. The van der Waals surface area contributed by atoms with E-state index in [1.165, 1.54) is 0 Å². The Kier molecular flexibility index (Phi) is 7.28. The maximum Gasteiger partial charge on any atom is 0.254 e. The Bertz CT molecular complexity index is 1410. The molecule has 2 amide bonds. The van der Waals surface area contributed by atoms with E-state index in [9.17, 15) is 9.59 Å². The van der Waals surface area contributed by atoms with Crippen molar-refractivity contribution in [2.75, 3.05) is 38.0 Å². The Morgan fingerprint density at radius 2 is 1.68 bits per heavy atom. The molecule has 0 unspecified atom stereocenters. The second kappa shape index (κ2) is 10.9. The van der Waals surface area contributed by atoms with Gasteiger partial charge in [-0.05, 0) is 31.0 Å². The van der Waals surface area contributed by atoms with Crippen LogP contribution in [0.2, 0.25) is 0 Å². The second-order valence-corrected chi connectivity index (χ2v) is 9.25. The van der Waals surface area contributed by atoms with Gasteiger partial charge in [-0.2, -0.15) is 5.10 Å². The first kappa shape index (κ1) is 24.6. The molecular weight excluding hydrogens is 464 g/mol. The van der Waals surface area contributed by atoms with Gasteiger partial charge in [-0.3, -0.25) is 14.5 Å². The molecule has 0 aliphatic carbocycles. The Morgan fingerprint density at radius 1 is 0.946 bits per heavy atom. The number of hydrogen-bond acceptors (Lipinski definition) is 5. The lowest BCUT2D eigenvalue weighted by atomic mass is 10.1. The number of piperazine rings is 1. The first-order chi connectivity index (χ1) is 18.1. The van der Waals surface area contributed by atoms with Crippen molar-refractivity contribution in [1.29, 1.82) is 0 Å². The number of pyridine rings is 1. The predicted molar refractivity (Wildman–Crippen MR) is 145 cm³/mol. The third-order valence-corrected chi connectivity index (χ3v) is 6.91. The number of carbonyl (C=O) groups is 2. The average Bonchev–Trinajstić information content (AvgIpc) is 3.36. The Morgan fingerprint density at radius 3 is 2.41 bits per heavy atom. The molecular formula is C29H32N6O2. The molecule has 8 nitrogen and oxygen atoms in total. The minimum Gasteiger partial charge on any atom is -0.336 e. The Balaban J connectivity index is 1.29. The third kappa shape index (κ3) is 5.24. The SMILES string of the molecule is CCc1ccccc1NC(=O)CN1CCN(C(=O)c2cc(-c3ccccc3)nc3c2cnn3CC)CC1. The van der Waals surface area contributed by atoms with Crippen molar-refractivity contribution in [3.05, 3.63) is 78.0 Å². The van der Waals surface area contributed by atoms with E-state index >= 15 is 0 Å². The highest BCUT2D eigenvalue weighted by atomic mass is 16.2. The van der Waals surface area contributed by atoms with Gasteiger partial charge in [0.2, 0.25) is 5.91 Å². The molecule has 37 heavy (non-hydrogen) atoms. The van der Waals surface area contributed by atoms with Crippen LogP contribution < -0.4 is 5.32 Å². The highest BCUT2D eigenvalue weighted by molar-refractivity contribution is 6.06. The number of nitrogens with one attached hydrogen (secondary N) is 1. The van der Waals surface area contributed by atoms with Crippen molar-refractivity contribution in [2.24, 2.45) is 0 Å². The van der Waals surface area contributed by atoms with Gasteiger partial charge >= 0.3 is 0 Å². The fourth-order valence-electron chi connectivity index (χ4n) is 4.84. The molecule has 0 saturated carbocycles. The molecule has 1 N–H and O–H groups in total. The van der Waals surface area contributed by atoms with Crippen molar-refractivity contribution < 1.29 is 9.59 Å². The number of carbonyl (C=O) groups excluding carboxylic acids is 2. The largest absolute Gasteiger partial charge is 0.336 e. The normalized spacial score (nSPS) is 14.2. The lowest BCUT2D eigenvalue weighted by Crippen LogP contribution is -2.50. The van der Waals surface area contributed by atoms with E-state index in [4.69, 9.17) is 4.98 Å². The van der Waals surface area contributed by atoms with Gasteiger partial charge in [-0.15, -0.1) is 0 Å². The summed E-state index contributed by atoms with van der Waals surface area (Å²) in [6, 6.07) is 19.7. The summed E-state index contributed by atoms with van der Waals surface area (Å²) < 4.78 is 1.83. The van der Waals surface area contributed by atoms with Crippen LogP contribution in [0.25, 0.3) is 22.3 Å². The number of amides is 2. The van der Waals surface area contributed by atoms with Crippen LogP contribution >= 0.6 is 0 Å². The average molecular weight is 497 g/mol. The summed E-state index contributed by atoms with van der Waals surface area (Å²) in [7, 11) is 0. The lowest BCUT2D eigenvalue weighted by Gasteiger charge is -2.34. The highest BCUT2D eigenvalue weighted by Crippen LogP contribution is 2.26. The molecule has 190 valence electrons. The van der Waals surface area contributed by atoms with E-state index < -0.39 is 0 Å². The van der Waals surface area contributed by atoms with Crippen LogP contribution in [0.4, 0.5) is 5.69 Å². The van der Waals surface area contributed by atoms with Gasteiger partial charge in [0.15, 0.2) is 5.65 Å². The number of benzene rings is 2. The first-order valence-electron chi connectivity index (χ1n) is 12.9. The van der Waals surface area contributed by atoms with E-state index in [2.05, 4.69) is 22.2 Å². The molecule has 0 spiro atoms. The van der Waals surface area contributed by atoms with Gasteiger partial charge in [0.05, 0.1) is 29.4 Å². The monoisotopic (exact) mass is 496 g/mol. The number of rotatable bonds is 7. The Labute approximate surface area is 216 Å². The minimum absolute atomic E-state index is 0.0267. The summed E-state index contributed by atoms with van der Waals surface area (Å²) in [5.41, 5.74) is 5.04. The number of hydrogen-bond donors (Lipinski definition) is 1. The maximum absolute atomic E-state index is 13.7. The van der Waals surface area contributed by atoms with Gasteiger partial charge in [0.25, 0.3) is 5.91 Å². The van der Waals surface area contributed by atoms with Gasteiger partial charge in [-0.25, -0.2) is 9.67 Å². The molecule has 1 fully saturated rings. The quantitative estimate of drug-likeness (QED) is 0.417. The summed E-state index contributed by atoms with van der Waals surface area (Å²) in [4.78, 5) is 35.2. The minimum atomic E-state index is -0.0315. The molecule has 1 saturated heterocycles. The lowest BCUT2D eigenvalue weighted by molar-refractivity contribution is -0.117. The van der Waals surface area contributed by atoms with Crippen LogP contribution in [0.15, 0.2) is 66.9 Å². The van der Waals surface area contributed by atoms with Gasteiger partial charge in [-0.1, -0.05) is 55.5 Å². The van der Waals surface area contributed by atoms with Gasteiger partial charge in [0.1, 0.15) is 0 Å². The third-order valence-electron chi connectivity index (χ3n) is 6.91. The highest BCUT2D eigenvalue weighted by Gasteiger charge is 2.26. The summed E-state index contributed by atoms with van der Waals surface area (Å²) in [6.07, 6.45) is 2.60. The molecule has 4 aromatic rings. The maximum atomic E-state index is 13.7. The van der Waals surface area contributed by atoms with Crippen LogP contribution in [0.3, 0.4) is 0 Å². The van der Waals surface area contributed by atoms with Gasteiger partial charge < -0.3 is 10.2 Å². The summed E-state index contributed by atoms with van der Waals surface area (Å²) >= 11 is 0. The Hall–Kier alpha value is -4.04. The van der Waals surface area contributed by atoms with Crippen LogP contribution in [0.5, 0.6) is 0 Å². The molecule has 0 atom stereocenters. The van der Waals surface area contributed by atoms with E-state index in [1.807, 2.05) is 77.2 Å². The van der Waals surface area contributed by atoms with Crippen molar-refractivity contribution in [1.82, 2.24) is 24.6 Å². The van der Waals surface area contributed by atoms with Crippen LogP contribution in [0, 0.1) is 0 Å². The predicted octanol–water partition coefficient (Wildman–Crippen LogP) is 4.08. The molecule has 0 radical (unpaired) electrons. The van der Waals surface area contributed by atoms with Crippen LogP contribution in [0.1, 0.15) is 29.8 Å². The van der Waals surface area contributed by atoms with E-state index in [0.717, 1.165) is 40.0 Å². The van der Waals surface area contributed by atoms with Crippen LogP contribution in [-0.2, 0) is 17.8 Å². The number of aryl methyl sites for hydroxylation is 2. The van der Waals surface area contributed by atoms with Crippen LogP contribution in [-0.4, -0.2) is 69.1 Å². The van der Waals surface area contributed by atoms with E-state index in [-0.39, 0.29) is 11.8 Å². The standard InChI is InChI=1S/C29H32N6O2/c1-3-21-10-8-9-13-25(21)31-27(36)20-33-14-16-34(17-15-33)29(37)23-18-26(22-11-6-5-7-12-22)32-28-24(23)19-30-35(28)4-2/h5-13,18-19H,3-4,14-17,20H2,1-2H3,(H,31,36). The summed E-state index contributed by atoms with van der Waals surface area (Å²) in [6.45, 7) is 7.47. The first-order valence-corrected chi connectivity index (χ1v) is 12.9. The van der Waals surface area contributed by atoms with E-state index in [0.29, 0.717) is 44.8 Å². The summed E-state index contributed by atoms with van der Waals surface area (Å²) in [5, 5.41) is 8.27. The molecule has 2 aromatic heterocycles. The molecule has 2 aromatic carbocycles. The van der Waals surface area contributed by atoms with Crippen molar-refractivity contribution >= 4 is 28.5 Å². The van der Waals surface area contributed by atoms with Crippen molar-refractivity contribution in [3.8, 4) is 11.3 Å².